The second kappa shape index (κ2) is 7.66. The predicted molar refractivity (Wildman–Crippen MR) is 82.2 cm³/mol. The van der Waals surface area contributed by atoms with Crippen molar-refractivity contribution in [2.24, 2.45) is 0 Å². The number of carbonyl (C=O) groups is 1. The Balaban J connectivity index is 2.07. The van der Waals surface area contributed by atoms with Gasteiger partial charge in [0.2, 0.25) is 0 Å². The Morgan fingerprint density at radius 3 is 2.64 bits per heavy atom. The van der Waals surface area contributed by atoms with Crippen LogP contribution in [-0.4, -0.2) is 28.6 Å². The summed E-state index contributed by atoms with van der Waals surface area (Å²) in [5.74, 6) is 0.675. The fraction of sp³-hybridized carbons (Fsp3) is 0.353. The normalized spacial score (nSPS) is 11.1. The maximum atomic E-state index is 11.9. The van der Waals surface area contributed by atoms with Crippen LogP contribution in [0, 0.1) is 0 Å². The number of para-hydroxylation sites is 1. The number of carbonyl (C=O) groups excluding carboxylic acids is 1. The molecule has 0 fully saturated rings. The Hall–Kier alpha value is -2.27. The maximum absolute atomic E-state index is 11.9. The molecule has 0 spiro atoms. The summed E-state index contributed by atoms with van der Waals surface area (Å²) in [5.41, 5.74) is 0.756. The number of hydrogen-bond donors (Lipinski definition) is 1. The molecule has 0 aliphatic carbocycles. The van der Waals surface area contributed by atoms with E-state index in [1.807, 2.05) is 36.9 Å². The van der Waals surface area contributed by atoms with E-state index in [4.69, 9.17) is 9.15 Å². The topological polar surface area (TPSA) is 62.9 Å². The van der Waals surface area contributed by atoms with Crippen molar-refractivity contribution in [3.63, 3.8) is 0 Å². The molecular weight excluding hydrogens is 282 g/mol. The third kappa shape index (κ3) is 4.93. The molecule has 22 heavy (non-hydrogen) atoms. The van der Waals surface area contributed by atoms with Crippen molar-refractivity contribution in [3.05, 3.63) is 54.0 Å². The Kier molecular flexibility index (Phi) is 5.61. The highest BCUT2D eigenvalue weighted by Gasteiger charge is 2.16. The molecule has 0 bridgehead atoms. The zero-order valence-corrected chi connectivity index (χ0v) is 12.9. The molecular formula is C17H21NO4. The first-order valence-electron chi connectivity index (χ1n) is 7.25. The van der Waals surface area contributed by atoms with E-state index >= 15 is 0 Å². The first-order chi connectivity index (χ1) is 10.5. The van der Waals surface area contributed by atoms with Crippen LogP contribution >= 0.6 is 0 Å². The fourth-order valence-electron chi connectivity index (χ4n) is 2.16. The van der Waals surface area contributed by atoms with E-state index in [0.29, 0.717) is 13.1 Å². The molecule has 0 saturated carbocycles. The van der Waals surface area contributed by atoms with Gasteiger partial charge in [0.25, 0.3) is 0 Å². The monoisotopic (exact) mass is 303 g/mol. The number of nitrogens with zero attached hydrogens (tertiary/aromatic N) is 1. The van der Waals surface area contributed by atoms with E-state index < -0.39 is 0 Å². The second-order valence-corrected chi connectivity index (χ2v) is 5.39. The Labute approximate surface area is 130 Å². The molecule has 1 aromatic heterocycles. The van der Waals surface area contributed by atoms with Crippen molar-refractivity contribution in [2.45, 2.75) is 33.0 Å². The molecule has 1 aromatic carbocycles. The Morgan fingerprint density at radius 2 is 2.00 bits per heavy atom. The van der Waals surface area contributed by atoms with E-state index in [9.17, 15) is 9.90 Å². The third-order valence-electron chi connectivity index (χ3n) is 3.06. The lowest BCUT2D eigenvalue weighted by Crippen LogP contribution is -2.31. The highest BCUT2D eigenvalue weighted by Crippen LogP contribution is 2.19. The first-order valence-corrected chi connectivity index (χ1v) is 7.25. The van der Waals surface area contributed by atoms with Crippen molar-refractivity contribution in [1.29, 1.82) is 0 Å². The number of esters is 1. The van der Waals surface area contributed by atoms with E-state index in [2.05, 4.69) is 0 Å². The van der Waals surface area contributed by atoms with Gasteiger partial charge in [-0.1, -0.05) is 18.2 Å². The summed E-state index contributed by atoms with van der Waals surface area (Å²) in [7, 11) is 0. The lowest BCUT2D eigenvalue weighted by Gasteiger charge is -2.21. The number of benzene rings is 1. The molecule has 5 nitrogen and oxygen atoms in total. The van der Waals surface area contributed by atoms with Crippen LogP contribution in [0.5, 0.6) is 5.75 Å². The molecule has 5 heteroatoms. The minimum absolute atomic E-state index is 0.132. The van der Waals surface area contributed by atoms with Crippen molar-refractivity contribution in [1.82, 2.24) is 4.90 Å². The number of ether oxygens (including phenoxy) is 1. The van der Waals surface area contributed by atoms with Crippen molar-refractivity contribution in [2.75, 3.05) is 6.54 Å². The molecule has 0 radical (unpaired) electrons. The highest BCUT2D eigenvalue weighted by molar-refractivity contribution is 5.71. The molecule has 1 heterocycles. The van der Waals surface area contributed by atoms with Gasteiger partial charge in [0, 0.05) is 12.1 Å². The lowest BCUT2D eigenvalue weighted by molar-refractivity contribution is -0.149. The van der Waals surface area contributed by atoms with Gasteiger partial charge < -0.3 is 14.3 Å². The van der Waals surface area contributed by atoms with E-state index in [0.717, 1.165) is 11.3 Å². The predicted octanol–water partition coefficient (Wildman–Crippen LogP) is 2.94. The van der Waals surface area contributed by atoms with E-state index in [-0.39, 0.29) is 24.4 Å². The van der Waals surface area contributed by atoms with Gasteiger partial charge in [0.15, 0.2) is 0 Å². The van der Waals surface area contributed by atoms with Gasteiger partial charge in [-0.2, -0.15) is 0 Å². The zero-order valence-electron chi connectivity index (χ0n) is 12.9. The molecule has 0 unspecified atom stereocenters. The Bertz CT molecular complexity index is 592. The summed E-state index contributed by atoms with van der Waals surface area (Å²) in [6.07, 6.45) is 1.45. The summed E-state index contributed by atoms with van der Waals surface area (Å²) >= 11 is 0. The number of furan rings is 1. The van der Waals surface area contributed by atoms with Crippen molar-refractivity contribution < 1.29 is 19.1 Å². The zero-order chi connectivity index (χ0) is 15.9. The Morgan fingerprint density at radius 1 is 1.23 bits per heavy atom. The largest absolute Gasteiger partial charge is 0.508 e. The fourth-order valence-corrected chi connectivity index (χ4v) is 2.16. The molecule has 2 rings (SSSR count). The van der Waals surface area contributed by atoms with Crippen LogP contribution in [0.4, 0.5) is 0 Å². The summed E-state index contributed by atoms with van der Waals surface area (Å²) in [4.78, 5) is 13.8. The van der Waals surface area contributed by atoms with Crippen LogP contribution in [-0.2, 0) is 22.6 Å². The summed E-state index contributed by atoms with van der Waals surface area (Å²) in [6.45, 7) is 4.66. The first kappa shape index (κ1) is 16.1. The van der Waals surface area contributed by atoms with Crippen LogP contribution in [0.1, 0.15) is 25.2 Å². The molecule has 2 aromatic rings. The average molecular weight is 303 g/mol. The maximum Gasteiger partial charge on any atom is 0.320 e. The molecule has 118 valence electrons. The molecule has 0 atom stereocenters. The molecule has 0 aliphatic rings. The average Bonchev–Trinajstić information content (AvgIpc) is 2.93. The smallest absolute Gasteiger partial charge is 0.320 e. The van der Waals surface area contributed by atoms with Gasteiger partial charge in [-0.3, -0.25) is 9.69 Å². The molecule has 0 saturated heterocycles. The van der Waals surface area contributed by atoms with Crippen molar-refractivity contribution in [3.8, 4) is 5.75 Å². The van der Waals surface area contributed by atoms with Crippen LogP contribution in [0.3, 0.4) is 0 Å². The van der Waals surface area contributed by atoms with Gasteiger partial charge in [-0.25, -0.2) is 0 Å². The number of hydrogen-bond acceptors (Lipinski definition) is 5. The van der Waals surface area contributed by atoms with E-state index in [1.165, 1.54) is 0 Å². The third-order valence-corrected chi connectivity index (χ3v) is 3.06. The number of rotatable bonds is 7. The SMILES string of the molecule is CC(C)OC(=O)CN(Cc1ccco1)Cc1ccccc1O. The van der Waals surface area contributed by atoms with Crippen LogP contribution in [0.15, 0.2) is 47.1 Å². The number of phenols is 1. The molecule has 1 N–H and O–H groups in total. The standard InChI is InChI=1S/C17H21NO4/c1-13(2)22-17(20)12-18(11-15-7-5-9-21-15)10-14-6-3-4-8-16(14)19/h3-9,13,19H,10-12H2,1-2H3. The second-order valence-electron chi connectivity index (χ2n) is 5.39. The van der Waals surface area contributed by atoms with Crippen LogP contribution < -0.4 is 0 Å². The van der Waals surface area contributed by atoms with Gasteiger partial charge in [0.1, 0.15) is 11.5 Å². The summed E-state index contributed by atoms with van der Waals surface area (Å²) < 4.78 is 10.5. The lowest BCUT2D eigenvalue weighted by atomic mass is 10.2. The minimum Gasteiger partial charge on any atom is -0.508 e. The van der Waals surface area contributed by atoms with Crippen molar-refractivity contribution >= 4 is 5.97 Å². The number of phenolic OH excluding ortho intramolecular Hbond substituents is 1. The minimum atomic E-state index is -0.294. The van der Waals surface area contributed by atoms with Gasteiger partial charge in [0.05, 0.1) is 25.5 Å². The van der Waals surface area contributed by atoms with Gasteiger partial charge >= 0.3 is 5.97 Å². The van der Waals surface area contributed by atoms with Crippen LogP contribution in [0.25, 0.3) is 0 Å². The number of aromatic hydroxyl groups is 1. The highest BCUT2D eigenvalue weighted by atomic mass is 16.5. The van der Waals surface area contributed by atoms with Gasteiger partial charge in [-0.05, 0) is 32.0 Å². The molecule has 0 amide bonds. The summed E-state index contributed by atoms with van der Waals surface area (Å²) in [5, 5.41) is 9.90. The van der Waals surface area contributed by atoms with E-state index in [1.54, 1.807) is 24.5 Å². The van der Waals surface area contributed by atoms with Gasteiger partial charge in [-0.15, -0.1) is 0 Å². The molecule has 0 aliphatic heterocycles. The quantitative estimate of drug-likeness (QED) is 0.797. The summed E-state index contributed by atoms with van der Waals surface area (Å²) in [6, 6.07) is 10.7. The van der Waals surface area contributed by atoms with Crippen LogP contribution in [0.2, 0.25) is 0 Å².